The lowest BCUT2D eigenvalue weighted by atomic mass is 10.0. The van der Waals surface area contributed by atoms with Gasteiger partial charge in [-0.25, -0.2) is 0 Å². The van der Waals surface area contributed by atoms with Crippen molar-refractivity contribution in [3.63, 3.8) is 0 Å². The molecule has 0 saturated carbocycles. The SMILES string of the molecule is CC(C)Cc1ccc(/C=C/C(=O)c2c[nH]c3ccccc23)cc1. The quantitative estimate of drug-likeness (QED) is 0.506. The van der Waals surface area contributed by atoms with Gasteiger partial charge in [0.1, 0.15) is 0 Å². The lowest BCUT2D eigenvalue weighted by Gasteiger charge is -2.04. The number of fused-ring (bicyclic) bond motifs is 1. The Morgan fingerprint density at radius 3 is 2.57 bits per heavy atom. The maximum absolute atomic E-state index is 12.4. The van der Waals surface area contributed by atoms with E-state index in [9.17, 15) is 4.79 Å². The first-order chi connectivity index (χ1) is 11.1. The Balaban J connectivity index is 1.75. The maximum atomic E-state index is 12.4. The summed E-state index contributed by atoms with van der Waals surface area (Å²) in [5.41, 5.74) is 4.08. The van der Waals surface area contributed by atoms with Crippen LogP contribution in [-0.2, 0) is 6.42 Å². The zero-order valence-electron chi connectivity index (χ0n) is 13.5. The van der Waals surface area contributed by atoms with Crippen LogP contribution in [0.4, 0.5) is 0 Å². The van der Waals surface area contributed by atoms with Crippen molar-refractivity contribution < 1.29 is 4.79 Å². The van der Waals surface area contributed by atoms with Gasteiger partial charge in [-0.2, -0.15) is 0 Å². The number of ketones is 1. The van der Waals surface area contributed by atoms with Crippen molar-refractivity contribution in [3.05, 3.63) is 77.5 Å². The summed E-state index contributed by atoms with van der Waals surface area (Å²) >= 11 is 0. The molecule has 2 heteroatoms. The van der Waals surface area contributed by atoms with Crippen LogP contribution in [0.2, 0.25) is 0 Å². The number of nitrogens with one attached hydrogen (secondary N) is 1. The molecule has 0 radical (unpaired) electrons. The molecule has 1 heterocycles. The first-order valence-electron chi connectivity index (χ1n) is 8.01. The standard InChI is InChI=1S/C21H21NO/c1-15(2)13-17-9-7-16(8-10-17)11-12-21(23)19-14-22-20-6-4-3-5-18(19)20/h3-12,14-15,22H,13H2,1-2H3/b12-11+. The highest BCUT2D eigenvalue weighted by molar-refractivity contribution is 6.14. The van der Waals surface area contributed by atoms with Gasteiger partial charge in [0.15, 0.2) is 5.78 Å². The first kappa shape index (κ1) is 15.3. The van der Waals surface area contributed by atoms with Crippen LogP contribution < -0.4 is 0 Å². The van der Waals surface area contributed by atoms with Gasteiger partial charge in [0.05, 0.1) is 0 Å². The lowest BCUT2D eigenvalue weighted by molar-refractivity contribution is 0.104. The van der Waals surface area contributed by atoms with Crippen LogP contribution in [0, 0.1) is 5.92 Å². The van der Waals surface area contributed by atoms with Gasteiger partial charge in [0.2, 0.25) is 0 Å². The van der Waals surface area contributed by atoms with Crippen LogP contribution in [0.25, 0.3) is 17.0 Å². The fourth-order valence-electron chi connectivity index (χ4n) is 2.77. The topological polar surface area (TPSA) is 32.9 Å². The summed E-state index contributed by atoms with van der Waals surface area (Å²) in [5.74, 6) is 0.675. The molecule has 0 bridgehead atoms. The van der Waals surface area contributed by atoms with Crippen LogP contribution in [-0.4, -0.2) is 10.8 Å². The third kappa shape index (κ3) is 3.59. The number of aromatic nitrogens is 1. The third-order valence-electron chi connectivity index (χ3n) is 3.91. The summed E-state index contributed by atoms with van der Waals surface area (Å²) in [6.45, 7) is 4.43. The van der Waals surface area contributed by atoms with E-state index < -0.39 is 0 Å². The van der Waals surface area contributed by atoms with E-state index in [1.807, 2.05) is 30.3 Å². The van der Waals surface area contributed by atoms with Gasteiger partial charge < -0.3 is 4.98 Å². The molecule has 0 atom stereocenters. The minimum absolute atomic E-state index is 0.0220. The third-order valence-corrected chi connectivity index (χ3v) is 3.91. The number of para-hydroxylation sites is 1. The number of rotatable bonds is 5. The number of carbonyl (C=O) groups is 1. The van der Waals surface area contributed by atoms with Crippen LogP contribution in [0.3, 0.4) is 0 Å². The van der Waals surface area contributed by atoms with Crippen LogP contribution in [0.5, 0.6) is 0 Å². The van der Waals surface area contributed by atoms with E-state index in [1.54, 1.807) is 12.3 Å². The minimum Gasteiger partial charge on any atom is -0.360 e. The fraction of sp³-hybridized carbons (Fsp3) is 0.190. The van der Waals surface area contributed by atoms with Gasteiger partial charge in [-0.3, -0.25) is 4.79 Å². The number of benzene rings is 2. The highest BCUT2D eigenvalue weighted by Crippen LogP contribution is 2.19. The zero-order chi connectivity index (χ0) is 16.2. The predicted molar refractivity (Wildman–Crippen MR) is 96.6 cm³/mol. The van der Waals surface area contributed by atoms with E-state index >= 15 is 0 Å². The molecule has 0 saturated heterocycles. The normalized spacial score (nSPS) is 11.6. The van der Waals surface area contributed by atoms with Gasteiger partial charge in [0.25, 0.3) is 0 Å². The second-order valence-electron chi connectivity index (χ2n) is 6.29. The van der Waals surface area contributed by atoms with Crippen molar-refractivity contribution in [1.29, 1.82) is 0 Å². The van der Waals surface area contributed by atoms with Crippen LogP contribution >= 0.6 is 0 Å². The van der Waals surface area contributed by atoms with Gasteiger partial charge in [-0.1, -0.05) is 62.4 Å². The summed E-state index contributed by atoms with van der Waals surface area (Å²) in [5, 5.41) is 0.967. The van der Waals surface area contributed by atoms with E-state index in [2.05, 4.69) is 43.1 Å². The first-order valence-corrected chi connectivity index (χ1v) is 8.01. The van der Waals surface area contributed by atoms with Crippen molar-refractivity contribution in [2.24, 2.45) is 5.92 Å². The van der Waals surface area contributed by atoms with Crippen molar-refractivity contribution in [2.75, 3.05) is 0 Å². The lowest BCUT2D eigenvalue weighted by Crippen LogP contribution is -1.94. The number of allylic oxidation sites excluding steroid dienone is 1. The van der Waals surface area contributed by atoms with E-state index in [-0.39, 0.29) is 5.78 Å². The second kappa shape index (κ2) is 6.66. The average Bonchev–Trinajstić information content (AvgIpc) is 2.97. The molecule has 1 N–H and O–H groups in total. The maximum Gasteiger partial charge on any atom is 0.187 e. The molecule has 0 aliphatic carbocycles. The van der Waals surface area contributed by atoms with Crippen molar-refractivity contribution in [2.45, 2.75) is 20.3 Å². The summed E-state index contributed by atoms with van der Waals surface area (Å²) in [4.78, 5) is 15.5. The monoisotopic (exact) mass is 303 g/mol. The molecule has 3 aromatic rings. The average molecular weight is 303 g/mol. The molecule has 116 valence electrons. The number of hydrogen-bond donors (Lipinski definition) is 1. The number of aromatic amines is 1. The van der Waals surface area contributed by atoms with E-state index in [1.165, 1.54) is 5.56 Å². The van der Waals surface area contributed by atoms with Gasteiger partial charge in [0, 0.05) is 22.7 Å². The highest BCUT2D eigenvalue weighted by atomic mass is 16.1. The Labute approximate surface area is 136 Å². The van der Waals surface area contributed by atoms with Crippen LogP contribution in [0.15, 0.2) is 60.8 Å². The largest absolute Gasteiger partial charge is 0.360 e. The van der Waals surface area contributed by atoms with Gasteiger partial charge in [-0.15, -0.1) is 0 Å². The molecule has 2 nitrogen and oxygen atoms in total. The smallest absolute Gasteiger partial charge is 0.187 e. The van der Waals surface area contributed by atoms with Crippen LogP contribution in [0.1, 0.15) is 35.3 Å². The highest BCUT2D eigenvalue weighted by Gasteiger charge is 2.08. The van der Waals surface area contributed by atoms with Crippen molar-refractivity contribution in [3.8, 4) is 0 Å². The molecule has 2 aromatic carbocycles. The van der Waals surface area contributed by atoms with Gasteiger partial charge >= 0.3 is 0 Å². The molecule has 0 amide bonds. The Bertz CT molecular complexity index is 838. The fourth-order valence-corrected chi connectivity index (χ4v) is 2.77. The van der Waals surface area contributed by atoms with E-state index in [0.29, 0.717) is 11.5 Å². The molecule has 0 spiro atoms. The molecule has 1 aromatic heterocycles. The molecule has 0 aliphatic heterocycles. The molecular weight excluding hydrogens is 282 g/mol. The Hall–Kier alpha value is -2.61. The number of carbonyl (C=O) groups excluding carboxylic acids is 1. The summed E-state index contributed by atoms with van der Waals surface area (Å²) < 4.78 is 0. The molecule has 3 rings (SSSR count). The Morgan fingerprint density at radius 1 is 1.09 bits per heavy atom. The zero-order valence-corrected chi connectivity index (χ0v) is 13.5. The minimum atomic E-state index is 0.0220. The summed E-state index contributed by atoms with van der Waals surface area (Å²) in [6, 6.07) is 16.3. The second-order valence-corrected chi connectivity index (χ2v) is 6.29. The predicted octanol–water partition coefficient (Wildman–Crippen LogP) is 5.26. The van der Waals surface area contributed by atoms with E-state index in [0.717, 1.165) is 22.9 Å². The van der Waals surface area contributed by atoms with Crippen molar-refractivity contribution >= 4 is 22.8 Å². The number of hydrogen-bond acceptors (Lipinski definition) is 1. The summed E-state index contributed by atoms with van der Waals surface area (Å²) in [7, 11) is 0. The van der Waals surface area contributed by atoms with Gasteiger partial charge in [-0.05, 0) is 35.6 Å². The molecular formula is C21H21NO. The Kier molecular flexibility index (Phi) is 4.42. The molecule has 0 fully saturated rings. The number of H-pyrrole nitrogens is 1. The molecule has 0 unspecified atom stereocenters. The summed E-state index contributed by atoms with van der Waals surface area (Å²) in [6.07, 6.45) is 6.39. The molecule has 23 heavy (non-hydrogen) atoms. The van der Waals surface area contributed by atoms with E-state index in [4.69, 9.17) is 0 Å². The Morgan fingerprint density at radius 2 is 1.83 bits per heavy atom. The van der Waals surface area contributed by atoms with Crippen molar-refractivity contribution in [1.82, 2.24) is 4.98 Å². The molecule has 0 aliphatic rings.